The molecule has 736 valence electrons. The van der Waals surface area contributed by atoms with Crippen LogP contribution in [0.5, 0.6) is 5.75 Å². The number of phenolic OH excluding ortho intramolecular Hbond substituents is 1. The largest absolute Gasteiger partial charge is 0.508 e. The Bertz CT molecular complexity index is 4640. The number of carboxylic acid groups (broad SMARTS) is 5. The summed E-state index contributed by atoms with van der Waals surface area (Å²) in [5.41, 5.74) is 12.2. The fourth-order valence-electron chi connectivity index (χ4n) is 13.7. The lowest BCUT2D eigenvalue weighted by Gasteiger charge is -2.39. The smallest absolute Gasteiger partial charge is 0.426 e. The summed E-state index contributed by atoms with van der Waals surface area (Å²) in [6, 6.07) is 6.71. The van der Waals surface area contributed by atoms with Gasteiger partial charge in [-0.3, -0.25) is 77.4 Å². The molecule has 0 bridgehead atoms. The van der Waals surface area contributed by atoms with Crippen LogP contribution in [0.25, 0.3) is 0 Å². The topological polar surface area (TPSA) is 663 Å². The Labute approximate surface area is 785 Å². The van der Waals surface area contributed by atoms with Gasteiger partial charge in [-0.2, -0.15) is 0 Å². The van der Waals surface area contributed by atoms with Crippen molar-refractivity contribution in [3.63, 3.8) is 0 Å². The fourth-order valence-corrected chi connectivity index (χ4v) is 16.5. The summed E-state index contributed by atoms with van der Waals surface area (Å²) < 4.78 is 16.8. The molecule has 0 aliphatic carbocycles. The molecule has 1 aliphatic rings. The number of likely N-dealkylation sites (N-methyl/N-ethyl adjacent to an activating group) is 1. The van der Waals surface area contributed by atoms with Gasteiger partial charge in [-0.25, -0.2) is 34.4 Å². The van der Waals surface area contributed by atoms with Gasteiger partial charge in [-0.1, -0.05) is 149 Å². The summed E-state index contributed by atoms with van der Waals surface area (Å²) >= 11 is 1.00. The van der Waals surface area contributed by atoms with E-state index >= 15 is 4.79 Å². The third-order valence-electron chi connectivity index (χ3n) is 21.3. The number of esters is 2. The second-order valence-corrected chi connectivity index (χ2v) is 35.8. The van der Waals surface area contributed by atoms with E-state index in [0.29, 0.717) is 42.5 Å². The van der Waals surface area contributed by atoms with Gasteiger partial charge in [0.05, 0.1) is 12.5 Å². The molecule has 1 unspecified atom stereocenters. The van der Waals surface area contributed by atoms with E-state index in [4.69, 9.17) is 25.1 Å². The predicted octanol–water partition coefficient (Wildman–Crippen LogP) is 2.30. The van der Waals surface area contributed by atoms with Gasteiger partial charge in [0.15, 0.2) is 12.8 Å². The SMILES string of the molecule is CCCC(=O)OCN(C(=O)[C@@H](NC(=O)[C@H]1CCCCN1C)C(C)CC)[C@H](C[C@@H](OC(C)=O)c1nc(C(=O)N[C@@H](Cc2ccc(O)cc2)C[C@H](C)C(=O)NNC(=O)OCCSSC[C@@H](NC(=O)[C@H](CC(=O)O)NC(=O)[C@@H](N)CNC(=O)[C@H](Cc2ccccc2)NC(=O)[C@H](Cc2ccccc2)NC(=O)CCNC(=O)CC[C@H](NC(=O)N[C@@H](CCC(=O)O)C(=O)O)C(=O)O)C(=O)O)cs1)C(C)C. The van der Waals surface area contributed by atoms with E-state index in [0.717, 1.165) is 45.8 Å². The summed E-state index contributed by atoms with van der Waals surface area (Å²) in [4.78, 5) is 257. The van der Waals surface area contributed by atoms with Crippen molar-refractivity contribution in [2.24, 2.45) is 23.5 Å². The quantitative estimate of drug-likeness (QED) is 0.00753. The number of rotatable bonds is 58. The van der Waals surface area contributed by atoms with Crippen LogP contribution in [0, 0.1) is 17.8 Å². The number of carbonyl (C=O) groups excluding carboxylic acids is 14. The van der Waals surface area contributed by atoms with Gasteiger partial charge in [0.2, 0.25) is 53.2 Å². The second kappa shape index (κ2) is 58.3. The van der Waals surface area contributed by atoms with Gasteiger partial charge in [-0.15, -0.1) is 11.3 Å². The molecule has 1 aliphatic heterocycles. The molecule has 14 atom stereocenters. The molecule has 1 fully saturated rings. The molecule has 0 saturated carbocycles. The first kappa shape index (κ1) is 112. The van der Waals surface area contributed by atoms with Crippen molar-refractivity contribution in [1.29, 1.82) is 0 Å². The molecule has 20 N–H and O–H groups in total. The number of ether oxygens (including phenoxy) is 3. The minimum absolute atomic E-state index is 0.00675. The first-order chi connectivity index (χ1) is 63.6. The van der Waals surface area contributed by atoms with Crippen LogP contribution in [-0.4, -0.2) is 276 Å². The van der Waals surface area contributed by atoms with Gasteiger partial charge < -0.3 is 109 Å². The average molecular weight is 1940 g/mol. The van der Waals surface area contributed by atoms with Crippen LogP contribution in [-0.2, 0) is 110 Å². The lowest BCUT2D eigenvalue weighted by Crippen LogP contribution is -2.59. The molecule has 134 heavy (non-hydrogen) atoms. The zero-order valence-corrected chi connectivity index (χ0v) is 78.0. The molecule has 5 rings (SSSR count). The van der Waals surface area contributed by atoms with E-state index in [1.807, 2.05) is 50.3 Å². The summed E-state index contributed by atoms with van der Waals surface area (Å²) in [6.45, 7) is 10.8. The Hall–Kier alpha value is -12.8. The van der Waals surface area contributed by atoms with Crippen molar-refractivity contribution in [3.8, 4) is 5.75 Å². The summed E-state index contributed by atoms with van der Waals surface area (Å²) in [6.07, 6.45) is -2.87. The maximum atomic E-state index is 15.1. The van der Waals surface area contributed by atoms with Crippen LogP contribution < -0.4 is 69.8 Å². The number of carboxylic acids is 5. The molecule has 0 radical (unpaired) electrons. The number of thiazole rings is 1. The van der Waals surface area contributed by atoms with Gasteiger partial charge in [0.25, 0.3) is 5.91 Å². The number of nitrogens with one attached hydrogen (secondary N) is 12. The highest BCUT2D eigenvalue weighted by molar-refractivity contribution is 8.76. The highest BCUT2D eigenvalue weighted by Crippen LogP contribution is 2.33. The summed E-state index contributed by atoms with van der Waals surface area (Å²) in [7, 11) is 3.73. The number of carbonyl (C=O) groups is 19. The standard InChI is InChI=1S/C87H122N16O28S3/c1-9-19-72(112)130-47-103(82(120)73(49(5)10-2)99-80(119)65-24-17-18-35-102(65)8)66(48(3)4)43-67(131-51(7)104)81-96-63(45-132-81)79(118)91-55(39-54-25-27-56(105)28-26-54)38-50(6)74(113)100-101-87(128)129-36-37-133-134-46-64(85(125)126)95-78(117)62(42-71(110)111)93-75(114)57(88)44-90-76(115)60(40-52-20-13-11-14-21-52)94-77(116)61(41-53-22-15-12-16-23-53)92-69(107)33-34-89-68(106)31-29-58(83(121)122)97-86(127)98-59(84(123)124)30-32-70(108)109/h11-16,20-23,25-28,45,48-50,55,57-62,64-67,73,105H,9-10,17-19,24,29-44,46-47,88H2,1-8H3,(H,89,106)(H,90,115)(H,91,118)(H,92,107)(H,93,114)(H,94,116)(H,95,117)(H,99,119)(H,100,113)(H,101,128)(H,108,109)(H,110,111)(H,121,122)(H,123,124)(H,125,126)(H2,97,98,127)/t49?,50-,55+,57-,58-,59-,60-,61-,62-,64+,65+,66+,67+,73-/m0/s1. The van der Waals surface area contributed by atoms with Crippen LogP contribution in [0.3, 0.4) is 0 Å². The number of aromatic nitrogens is 1. The Kier molecular flexibility index (Phi) is 48.6. The number of benzene rings is 3. The van der Waals surface area contributed by atoms with Crippen LogP contribution in [0.1, 0.15) is 177 Å². The number of piperidine rings is 1. The molecule has 2 heterocycles. The highest BCUT2D eigenvalue weighted by atomic mass is 33.1. The van der Waals surface area contributed by atoms with E-state index in [9.17, 15) is 112 Å². The molecule has 4 aromatic rings. The molecule has 0 spiro atoms. The normalized spacial score (nSPS) is 15.3. The van der Waals surface area contributed by atoms with E-state index in [2.05, 4.69) is 58.4 Å². The molecular formula is C87H122N16O28S3. The van der Waals surface area contributed by atoms with Crippen LogP contribution in [0.2, 0.25) is 0 Å². The first-order valence-electron chi connectivity index (χ1n) is 43.5. The third-order valence-corrected chi connectivity index (χ3v) is 24.6. The lowest BCUT2D eigenvalue weighted by atomic mass is 9.92. The van der Waals surface area contributed by atoms with Crippen molar-refractivity contribution in [2.45, 2.75) is 230 Å². The number of hydrogen-bond acceptors (Lipinski definition) is 29. The van der Waals surface area contributed by atoms with Gasteiger partial charge in [-0.05, 0) is 99.2 Å². The highest BCUT2D eigenvalue weighted by Gasteiger charge is 2.41. The molecule has 13 amide bonds. The van der Waals surface area contributed by atoms with E-state index in [-0.39, 0.29) is 97.4 Å². The molecule has 3 aromatic carbocycles. The number of nitrogens with two attached hydrogens (primary N) is 1. The number of phenols is 1. The van der Waals surface area contributed by atoms with Crippen LogP contribution in [0.15, 0.2) is 90.3 Å². The number of nitrogens with zero attached hydrogens (tertiary/aromatic N) is 3. The van der Waals surface area contributed by atoms with Crippen LogP contribution in [0.4, 0.5) is 9.59 Å². The zero-order valence-electron chi connectivity index (χ0n) is 75.6. The number of amides is 13. The maximum absolute atomic E-state index is 15.1. The predicted molar refractivity (Wildman–Crippen MR) is 486 cm³/mol. The fraction of sp³-hybridized carbons (Fsp3) is 0.540. The number of aromatic hydroxyl groups is 1. The summed E-state index contributed by atoms with van der Waals surface area (Å²) in [5, 5.41) is 83.8. The monoisotopic (exact) mass is 1930 g/mol. The number of hydrogen-bond donors (Lipinski definition) is 19. The van der Waals surface area contributed by atoms with Crippen molar-refractivity contribution in [2.75, 3.05) is 51.5 Å². The molecule has 47 heteroatoms. The van der Waals surface area contributed by atoms with Gasteiger partial charge in [0, 0.05) is 99.8 Å². The number of likely N-dealkylation sites (tertiary alicyclic amines) is 1. The average Bonchev–Trinajstić information content (AvgIpc) is 1.24. The van der Waals surface area contributed by atoms with Crippen molar-refractivity contribution >= 4 is 146 Å². The van der Waals surface area contributed by atoms with Crippen molar-refractivity contribution in [1.82, 2.24) is 78.8 Å². The number of aliphatic carboxylic acids is 5. The molecule has 1 aromatic heterocycles. The van der Waals surface area contributed by atoms with E-state index in [1.54, 1.807) is 79.7 Å². The van der Waals surface area contributed by atoms with Crippen LogP contribution >= 0.6 is 32.9 Å². The molecular weight excluding hydrogens is 1810 g/mol. The first-order valence-corrected chi connectivity index (χ1v) is 46.9. The maximum Gasteiger partial charge on any atom is 0.426 e. The number of urea groups is 1. The number of hydrazine groups is 1. The minimum atomic E-state index is -1.94. The summed E-state index contributed by atoms with van der Waals surface area (Å²) in [5.74, 6) is -19.1. The lowest BCUT2D eigenvalue weighted by molar-refractivity contribution is -0.161. The Morgan fingerprint density at radius 3 is 1.76 bits per heavy atom. The minimum Gasteiger partial charge on any atom is -0.508 e. The van der Waals surface area contributed by atoms with Gasteiger partial charge in [0.1, 0.15) is 71.4 Å². The van der Waals surface area contributed by atoms with E-state index < -0.39 is 237 Å². The van der Waals surface area contributed by atoms with E-state index in [1.165, 1.54) is 36.3 Å². The third kappa shape index (κ3) is 40.8. The Morgan fingerprint density at radius 1 is 0.597 bits per heavy atom. The zero-order chi connectivity index (χ0) is 99.3. The Balaban J connectivity index is 1.14. The molecule has 1 saturated heterocycles. The Morgan fingerprint density at radius 2 is 1.19 bits per heavy atom. The second-order valence-electron chi connectivity index (χ2n) is 32.3. The van der Waals surface area contributed by atoms with Crippen molar-refractivity contribution < 1.29 is 136 Å². The molecule has 44 nitrogen and oxygen atoms in total. The van der Waals surface area contributed by atoms with Gasteiger partial charge >= 0.3 is 53.9 Å². The van der Waals surface area contributed by atoms with Crippen molar-refractivity contribution in [3.05, 3.63) is 118 Å².